The number of benzene rings is 3. The first-order valence-corrected chi connectivity index (χ1v) is 9.23. The quantitative estimate of drug-likeness (QED) is 0.563. The van der Waals surface area contributed by atoms with Gasteiger partial charge in [-0.05, 0) is 48.0 Å². The lowest BCUT2D eigenvalue weighted by Crippen LogP contribution is -2.23. The van der Waals surface area contributed by atoms with Crippen LogP contribution in [-0.4, -0.2) is 18.4 Å². The third-order valence-corrected chi connectivity index (χ3v) is 4.15. The molecule has 0 heterocycles. The maximum Gasteiger partial charge on any atom is 0.255 e. The van der Waals surface area contributed by atoms with Crippen LogP contribution >= 0.6 is 0 Å². The van der Waals surface area contributed by atoms with Crippen LogP contribution in [0.25, 0.3) is 0 Å². The van der Waals surface area contributed by atoms with Crippen LogP contribution in [0.4, 0.5) is 5.69 Å². The van der Waals surface area contributed by atoms with E-state index in [4.69, 9.17) is 4.74 Å². The fraction of sp³-hybridized carbons (Fsp3) is 0.0833. The van der Waals surface area contributed by atoms with Gasteiger partial charge < -0.3 is 15.4 Å². The van der Waals surface area contributed by atoms with Crippen molar-refractivity contribution >= 4 is 17.5 Å². The van der Waals surface area contributed by atoms with Crippen molar-refractivity contribution in [2.45, 2.75) is 6.61 Å². The number of hydrogen-bond donors (Lipinski definition) is 2. The van der Waals surface area contributed by atoms with Gasteiger partial charge in [-0.15, -0.1) is 6.58 Å². The Kier molecular flexibility index (Phi) is 6.79. The van der Waals surface area contributed by atoms with Crippen molar-refractivity contribution in [2.75, 3.05) is 11.9 Å². The van der Waals surface area contributed by atoms with Gasteiger partial charge in [0.1, 0.15) is 12.4 Å². The van der Waals surface area contributed by atoms with Gasteiger partial charge in [-0.25, -0.2) is 0 Å². The molecule has 29 heavy (non-hydrogen) atoms. The number of amides is 2. The lowest BCUT2D eigenvalue weighted by Gasteiger charge is -2.09. The third-order valence-electron chi connectivity index (χ3n) is 4.15. The fourth-order valence-corrected chi connectivity index (χ4v) is 2.65. The molecule has 3 aromatic rings. The van der Waals surface area contributed by atoms with Gasteiger partial charge in [0.05, 0.1) is 0 Å². The minimum absolute atomic E-state index is 0.250. The number of anilines is 1. The maximum atomic E-state index is 12.5. The summed E-state index contributed by atoms with van der Waals surface area (Å²) in [7, 11) is 0. The molecule has 0 bridgehead atoms. The van der Waals surface area contributed by atoms with Crippen LogP contribution in [0.1, 0.15) is 26.3 Å². The molecule has 146 valence electrons. The van der Waals surface area contributed by atoms with E-state index in [1.807, 2.05) is 30.3 Å². The lowest BCUT2D eigenvalue weighted by atomic mass is 10.1. The van der Waals surface area contributed by atoms with Gasteiger partial charge in [0.25, 0.3) is 11.8 Å². The predicted molar refractivity (Wildman–Crippen MR) is 114 cm³/mol. The van der Waals surface area contributed by atoms with Crippen molar-refractivity contribution in [3.63, 3.8) is 0 Å². The molecular formula is C24H22N2O3. The largest absolute Gasteiger partial charge is 0.489 e. The zero-order valence-electron chi connectivity index (χ0n) is 15.9. The Bertz CT molecular complexity index is 983. The van der Waals surface area contributed by atoms with E-state index in [1.165, 1.54) is 0 Å². The summed E-state index contributed by atoms with van der Waals surface area (Å²) in [5.41, 5.74) is 2.55. The molecule has 3 aromatic carbocycles. The van der Waals surface area contributed by atoms with E-state index in [0.717, 1.165) is 5.56 Å². The van der Waals surface area contributed by atoms with Gasteiger partial charge in [0.2, 0.25) is 0 Å². The van der Waals surface area contributed by atoms with Gasteiger partial charge >= 0.3 is 0 Å². The Labute approximate surface area is 170 Å². The summed E-state index contributed by atoms with van der Waals surface area (Å²) in [6.45, 7) is 4.41. The maximum absolute atomic E-state index is 12.5. The highest BCUT2D eigenvalue weighted by Crippen LogP contribution is 2.18. The van der Waals surface area contributed by atoms with E-state index in [-0.39, 0.29) is 11.8 Å². The minimum atomic E-state index is -0.290. The molecule has 0 radical (unpaired) electrons. The second-order valence-corrected chi connectivity index (χ2v) is 6.33. The lowest BCUT2D eigenvalue weighted by molar-refractivity contribution is 0.0958. The Morgan fingerprint density at radius 2 is 1.55 bits per heavy atom. The smallest absolute Gasteiger partial charge is 0.255 e. The number of hydrogen-bond acceptors (Lipinski definition) is 3. The zero-order valence-corrected chi connectivity index (χ0v) is 15.9. The second-order valence-electron chi connectivity index (χ2n) is 6.33. The highest BCUT2D eigenvalue weighted by Gasteiger charge is 2.10. The number of nitrogens with one attached hydrogen (secondary N) is 2. The molecule has 0 atom stereocenters. The minimum Gasteiger partial charge on any atom is -0.489 e. The number of ether oxygens (including phenoxy) is 1. The summed E-state index contributed by atoms with van der Waals surface area (Å²) in [6, 6.07) is 23.6. The standard InChI is InChI=1S/C24H22N2O3/c1-2-15-25-23(27)19-9-6-10-20(16-19)24(28)26-21-11-13-22(14-12-21)29-17-18-7-4-3-5-8-18/h2-14,16H,1,15,17H2,(H,25,27)(H,26,28). The van der Waals surface area contributed by atoms with Crippen LogP contribution in [0.2, 0.25) is 0 Å². The number of carbonyl (C=O) groups excluding carboxylic acids is 2. The van der Waals surface area contributed by atoms with Gasteiger partial charge in [0.15, 0.2) is 0 Å². The fourth-order valence-electron chi connectivity index (χ4n) is 2.65. The molecule has 2 amide bonds. The Balaban J connectivity index is 1.59. The van der Waals surface area contributed by atoms with Crippen LogP contribution in [0, 0.1) is 0 Å². The monoisotopic (exact) mass is 386 g/mol. The molecule has 0 aliphatic rings. The molecule has 2 N–H and O–H groups in total. The predicted octanol–water partition coefficient (Wildman–Crippen LogP) is 4.43. The van der Waals surface area contributed by atoms with Gasteiger partial charge in [-0.1, -0.05) is 42.5 Å². The topological polar surface area (TPSA) is 67.4 Å². The van der Waals surface area contributed by atoms with Gasteiger partial charge in [-0.3, -0.25) is 9.59 Å². The first-order valence-electron chi connectivity index (χ1n) is 9.23. The molecule has 0 aromatic heterocycles. The van der Waals surface area contributed by atoms with Crippen molar-refractivity contribution < 1.29 is 14.3 Å². The van der Waals surface area contributed by atoms with E-state index < -0.39 is 0 Å². The van der Waals surface area contributed by atoms with E-state index >= 15 is 0 Å². The summed E-state index contributed by atoms with van der Waals surface area (Å²) >= 11 is 0. The van der Waals surface area contributed by atoms with Gasteiger partial charge in [0, 0.05) is 23.4 Å². The molecule has 0 unspecified atom stereocenters. The van der Waals surface area contributed by atoms with Crippen LogP contribution in [0.5, 0.6) is 5.75 Å². The van der Waals surface area contributed by atoms with E-state index in [1.54, 1.807) is 54.6 Å². The Morgan fingerprint density at radius 1 is 0.862 bits per heavy atom. The van der Waals surface area contributed by atoms with E-state index in [9.17, 15) is 9.59 Å². The van der Waals surface area contributed by atoms with Crippen molar-refractivity contribution in [1.82, 2.24) is 5.32 Å². The van der Waals surface area contributed by atoms with Crippen LogP contribution < -0.4 is 15.4 Å². The average molecular weight is 386 g/mol. The van der Waals surface area contributed by atoms with Crippen molar-refractivity contribution in [3.8, 4) is 5.75 Å². The first-order chi connectivity index (χ1) is 14.2. The molecule has 0 fully saturated rings. The molecule has 3 rings (SSSR count). The average Bonchev–Trinajstić information content (AvgIpc) is 2.77. The normalized spacial score (nSPS) is 10.1. The van der Waals surface area contributed by atoms with E-state index in [2.05, 4.69) is 17.2 Å². The van der Waals surface area contributed by atoms with Crippen molar-refractivity contribution in [3.05, 3.63) is 108 Å². The summed E-state index contributed by atoms with van der Waals surface area (Å²) in [6.07, 6.45) is 1.60. The highest BCUT2D eigenvalue weighted by molar-refractivity contribution is 6.06. The van der Waals surface area contributed by atoms with Crippen LogP contribution in [0.15, 0.2) is 91.5 Å². The first kappa shape index (κ1) is 19.9. The summed E-state index contributed by atoms with van der Waals surface area (Å²) in [5, 5.41) is 5.52. The zero-order chi connectivity index (χ0) is 20.5. The molecule has 5 heteroatoms. The number of rotatable bonds is 8. The molecule has 0 aliphatic heterocycles. The summed E-state index contributed by atoms with van der Waals surface area (Å²) in [5.74, 6) is 0.175. The highest BCUT2D eigenvalue weighted by atomic mass is 16.5. The second kappa shape index (κ2) is 9.90. The van der Waals surface area contributed by atoms with E-state index in [0.29, 0.717) is 35.7 Å². The summed E-state index contributed by atoms with van der Waals surface area (Å²) < 4.78 is 5.75. The SMILES string of the molecule is C=CCNC(=O)c1cccc(C(=O)Nc2ccc(OCc3ccccc3)cc2)c1. The molecule has 0 spiro atoms. The van der Waals surface area contributed by atoms with Crippen molar-refractivity contribution in [1.29, 1.82) is 0 Å². The third kappa shape index (κ3) is 5.81. The van der Waals surface area contributed by atoms with Gasteiger partial charge in [-0.2, -0.15) is 0 Å². The molecule has 0 saturated heterocycles. The van der Waals surface area contributed by atoms with Crippen LogP contribution in [-0.2, 0) is 6.61 Å². The molecule has 5 nitrogen and oxygen atoms in total. The molecule has 0 saturated carbocycles. The molecule has 0 aliphatic carbocycles. The Morgan fingerprint density at radius 3 is 2.24 bits per heavy atom. The molecular weight excluding hydrogens is 364 g/mol. The summed E-state index contributed by atoms with van der Waals surface area (Å²) in [4.78, 5) is 24.5. The van der Waals surface area contributed by atoms with Crippen molar-refractivity contribution in [2.24, 2.45) is 0 Å². The van der Waals surface area contributed by atoms with Crippen LogP contribution in [0.3, 0.4) is 0 Å². The number of carbonyl (C=O) groups is 2. The Hall–Kier alpha value is -3.86.